The fraction of sp³-hybridized carbons (Fsp3) is 0.278. The molecule has 1 aromatic rings. The van der Waals surface area contributed by atoms with E-state index in [9.17, 15) is 0 Å². The number of terminal acetylenes is 1. The first-order valence-electron chi connectivity index (χ1n) is 8.00. The summed E-state index contributed by atoms with van der Waals surface area (Å²) in [6.45, 7) is 2.88. The van der Waals surface area contributed by atoms with Gasteiger partial charge in [0.25, 0.3) is 0 Å². The van der Waals surface area contributed by atoms with Crippen molar-refractivity contribution in [2.45, 2.75) is 42.8 Å². The Morgan fingerprint density at radius 1 is 1.36 bits per heavy atom. The maximum Gasteiger partial charge on any atom is 0.195 e. The zero-order valence-electron chi connectivity index (χ0n) is 13.9. The monoisotopic (exact) mass is 415 g/mol. The first-order chi connectivity index (χ1) is 12.1. The molecular weight excluding hydrogens is 398 g/mol. The summed E-state index contributed by atoms with van der Waals surface area (Å²) in [5.41, 5.74) is 7.88. The summed E-state index contributed by atoms with van der Waals surface area (Å²) in [5.74, 6) is 3.80. The Bertz CT molecular complexity index is 899. The lowest BCUT2D eigenvalue weighted by molar-refractivity contribution is 0.638. The van der Waals surface area contributed by atoms with Gasteiger partial charge in [-0.3, -0.25) is 0 Å². The molecule has 0 aliphatic carbocycles. The number of benzene rings is 1. The van der Waals surface area contributed by atoms with Gasteiger partial charge in [0.05, 0.1) is 6.33 Å². The number of aryl methyl sites for hydroxylation is 2. The fourth-order valence-corrected chi connectivity index (χ4v) is 3.86. The van der Waals surface area contributed by atoms with Crippen LogP contribution in [0.15, 0.2) is 39.1 Å². The number of anilines is 1. The highest BCUT2D eigenvalue weighted by atomic mass is 79.9. The van der Waals surface area contributed by atoms with Crippen molar-refractivity contribution in [2.75, 3.05) is 5.73 Å². The Kier molecular flexibility index (Phi) is 5.61. The Hall–Kier alpha value is -2.04. The van der Waals surface area contributed by atoms with Gasteiger partial charge < -0.3 is 10.3 Å². The van der Waals surface area contributed by atoms with Crippen molar-refractivity contribution < 1.29 is 0 Å². The van der Waals surface area contributed by atoms with Crippen LogP contribution in [0.5, 0.6) is 0 Å². The number of imidazole rings is 1. The first-order valence-corrected chi connectivity index (χ1v) is 9.61. The van der Waals surface area contributed by atoms with Crippen molar-refractivity contribution in [1.82, 2.24) is 19.5 Å². The summed E-state index contributed by atoms with van der Waals surface area (Å²) in [4.78, 5) is 14.6. The van der Waals surface area contributed by atoms with Gasteiger partial charge in [0.1, 0.15) is 0 Å². The van der Waals surface area contributed by atoms with Gasteiger partial charge in [-0.15, -0.1) is 12.3 Å². The molecule has 2 heterocycles. The van der Waals surface area contributed by atoms with Crippen LogP contribution in [0.4, 0.5) is 5.82 Å². The Morgan fingerprint density at radius 2 is 2.20 bits per heavy atom. The minimum Gasteiger partial charge on any atom is -0.382 e. The molecule has 0 saturated carbocycles. The molecule has 0 fully saturated rings. The third-order valence-corrected chi connectivity index (χ3v) is 5.27. The number of rotatable bonds is 6. The summed E-state index contributed by atoms with van der Waals surface area (Å²) in [7, 11) is 0. The molecule has 128 valence electrons. The van der Waals surface area contributed by atoms with Crippen LogP contribution < -0.4 is 5.73 Å². The number of fused-ring (bicyclic) bond motifs is 1. The molecule has 2 N–H and O–H groups in total. The van der Waals surface area contributed by atoms with Crippen LogP contribution in [0.1, 0.15) is 25.3 Å². The molecule has 7 heteroatoms. The fourth-order valence-electron chi connectivity index (χ4n) is 2.52. The summed E-state index contributed by atoms with van der Waals surface area (Å²) >= 11 is 5.06. The molecule has 2 aliphatic heterocycles. The van der Waals surface area contributed by atoms with E-state index >= 15 is 0 Å². The zero-order valence-corrected chi connectivity index (χ0v) is 16.3. The second kappa shape index (κ2) is 7.89. The van der Waals surface area contributed by atoms with Crippen molar-refractivity contribution in [3.8, 4) is 23.9 Å². The average Bonchev–Trinajstić information content (AvgIpc) is 3.03. The lowest BCUT2D eigenvalue weighted by atomic mass is 10.2. The summed E-state index contributed by atoms with van der Waals surface area (Å²) in [6.07, 6.45) is 9.55. The number of aromatic nitrogens is 4. The molecule has 0 radical (unpaired) electrons. The van der Waals surface area contributed by atoms with E-state index in [0.717, 1.165) is 34.6 Å². The maximum atomic E-state index is 5.99. The molecule has 2 aliphatic rings. The van der Waals surface area contributed by atoms with Gasteiger partial charge in [-0.05, 0) is 48.4 Å². The summed E-state index contributed by atoms with van der Waals surface area (Å²) in [6, 6.07) is 6.23. The maximum absolute atomic E-state index is 5.99. The number of halogens is 1. The number of hydrogen-bond acceptors (Lipinski definition) is 5. The average molecular weight is 416 g/mol. The first kappa shape index (κ1) is 17.8. The van der Waals surface area contributed by atoms with Crippen molar-refractivity contribution in [3.63, 3.8) is 0 Å². The molecular formula is C18H18BrN5S. The van der Waals surface area contributed by atoms with Gasteiger partial charge in [0.15, 0.2) is 22.5 Å². The summed E-state index contributed by atoms with van der Waals surface area (Å²) < 4.78 is 3.03. The number of nitrogen functional groups attached to an aromatic ring is 1. The van der Waals surface area contributed by atoms with E-state index in [-0.39, 0.29) is 0 Å². The van der Waals surface area contributed by atoms with E-state index in [1.165, 1.54) is 5.56 Å². The molecule has 0 saturated heterocycles. The second-order valence-electron chi connectivity index (χ2n) is 5.52. The zero-order chi connectivity index (χ0) is 17.8. The lowest BCUT2D eigenvalue weighted by Gasteiger charge is -2.09. The molecule has 0 amide bonds. The largest absolute Gasteiger partial charge is 0.382 e. The number of nitrogens with zero attached hydrogens (tertiary/aromatic N) is 4. The standard InChI is InChI=1S/C18H18BrN5S/c1-3-5-6-9-24-11-21-16(20)15-17(24)23-18(22-15)25-14-8-7-13(19)10-12(14)4-2/h1,7-8,10-11H,4-6,9,20H2,2H3. The number of nitrogens with two attached hydrogens (primary N) is 1. The van der Waals surface area contributed by atoms with Crippen molar-refractivity contribution >= 4 is 33.5 Å². The van der Waals surface area contributed by atoms with Gasteiger partial charge in [-0.25, -0.2) is 15.0 Å². The van der Waals surface area contributed by atoms with E-state index in [4.69, 9.17) is 12.2 Å². The van der Waals surface area contributed by atoms with Crippen molar-refractivity contribution in [1.29, 1.82) is 0 Å². The second-order valence-corrected chi connectivity index (χ2v) is 7.44. The van der Waals surface area contributed by atoms with Gasteiger partial charge in [0.2, 0.25) is 0 Å². The van der Waals surface area contributed by atoms with Gasteiger partial charge in [-0.2, -0.15) is 0 Å². The minimum absolute atomic E-state index is 0.397. The predicted octanol–water partition coefficient (Wildman–Crippen LogP) is 4.25. The highest BCUT2D eigenvalue weighted by molar-refractivity contribution is 9.10. The Morgan fingerprint density at radius 3 is 2.96 bits per heavy atom. The van der Waals surface area contributed by atoms with Crippen LogP contribution in [0.3, 0.4) is 0 Å². The van der Waals surface area contributed by atoms with E-state index in [0.29, 0.717) is 23.1 Å². The van der Waals surface area contributed by atoms with Crippen LogP contribution in [0, 0.1) is 12.3 Å². The Labute approximate surface area is 159 Å². The highest BCUT2D eigenvalue weighted by Gasteiger charge is 2.19. The van der Waals surface area contributed by atoms with E-state index in [1.54, 1.807) is 18.1 Å². The third-order valence-electron chi connectivity index (χ3n) is 3.80. The molecule has 0 atom stereocenters. The quantitative estimate of drug-likeness (QED) is 0.481. The van der Waals surface area contributed by atoms with Crippen LogP contribution in [-0.4, -0.2) is 19.5 Å². The van der Waals surface area contributed by atoms with Crippen LogP contribution in [0.2, 0.25) is 0 Å². The molecule has 0 aromatic heterocycles. The van der Waals surface area contributed by atoms with Gasteiger partial charge in [0, 0.05) is 22.3 Å². The molecule has 0 spiro atoms. The predicted molar refractivity (Wildman–Crippen MR) is 105 cm³/mol. The third kappa shape index (κ3) is 3.97. The molecule has 25 heavy (non-hydrogen) atoms. The molecule has 0 bridgehead atoms. The van der Waals surface area contributed by atoms with Crippen molar-refractivity contribution in [2.24, 2.45) is 0 Å². The van der Waals surface area contributed by atoms with Crippen molar-refractivity contribution in [3.05, 3.63) is 34.6 Å². The van der Waals surface area contributed by atoms with E-state index in [1.807, 2.05) is 10.6 Å². The Balaban J connectivity index is 1.93. The smallest absolute Gasteiger partial charge is 0.195 e. The topological polar surface area (TPSA) is 69.6 Å². The summed E-state index contributed by atoms with van der Waals surface area (Å²) in [5, 5.41) is 0.678. The highest BCUT2D eigenvalue weighted by Crippen LogP contribution is 2.34. The van der Waals surface area contributed by atoms with Gasteiger partial charge >= 0.3 is 0 Å². The van der Waals surface area contributed by atoms with Gasteiger partial charge in [-0.1, -0.05) is 22.9 Å². The van der Waals surface area contributed by atoms with Crippen LogP contribution in [-0.2, 0) is 13.0 Å². The molecule has 5 nitrogen and oxygen atoms in total. The molecule has 0 unspecified atom stereocenters. The number of unbranched alkanes of at least 4 members (excludes halogenated alkanes) is 1. The van der Waals surface area contributed by atoms with E-state index in [2.05, 4.69) is 55.9 Å². The van der Waals surface area contributed by atoms with Crippen LogP contribution >= 0.6 is 27.7 Å². The minimum atomic E-state index is 0.397. The molecule has 3 rings (SSSR count). The van der Waals surface area contributed by atoms with E-state index < -0.39 is 0 Å². The normalized spacial score (nSPS) is 10.9. The van der Waals surface area contributed by atoms with Crippen LogP contribution in [0.25, 0.3) is 11.5 Å². The molecule has 1 aromatic carbocycles. The lowest BCUT2D eigenvalue weighted by Crippen LogP contribution is -2.08. The number of hydrogen-bond donors (Lipinski definition) is 1. The SMILES string of the molecule is C#CCCCn1cnc(N)c2nc(Sc3ccc(Br)cc3CC)nc1-2.